The molecule has 25 heavy (non-hydrogen) atoms. The molecular formula is C18H16N2O5. The van der Waals surface area contributed by atoms with Gasteiger partial charge in [-0.15, -0.1) is 0 Å². The van der Waals surface area contributed by atoms with E-state index in [0.717, 1.165) is 5.56 Å². The second-order valence-corrected chi connectivity index (χ2v) is 5.05. The summed E-state index contributed by atoms with van der Waals surface area (Å²) in [6, 6.07) is 15.6. The van der Waals surface area contributed by atoms with Crippen LogP contribution in [0.25, 0.3) is 0 Å². The molecule has 0 aliphatic heterocycles. The average molecular weight is 340 g/mol. The molecule has 0 N–H and O–H groups in total. The van der Waals surface area contributed by atoms with E-state index in [1.54, 1.807) is 6.07 Å². The molecule has 0 saturated carbocycles. The number of hydrogen-bond acceptors (Lipinski definition) is 6. The summed E-state index contributed by atoms with van der Waals surface area (Å²) < 4.78 is 5.23. The number of carbonyl (C=O) groups excluding carboxylic acids is 2. The normalized spacial score (nSPS) is 9.64. The van der Waals surface area contributed by atoms with Crippen LogP contribution < -0.4 is 9.79 Å². The van der Waals surface area contributed by atoms with Crippen molar-refractivity contribution in [3.8, 4) is 11.8 Å². The van der Waals surface area contributed by atoms with Crippen molar-refractivity contribution in [2.75, 3.05) is 11.9 Å². The van der Waals surface area contributed by atoms with E-state index in [1.807, 2.05) is 36.4 Å². The lowest BCUT2D eigenvalue weighted by atomic mass is 10.2. The van der Waals surface area contributed by atoms with Crippen LogP contribution in [-0.2, 0) is 21.0 Å². The van der Waals surface area contributed by atoms with E-state index in [4.69, 9.17) is 9.62 Å². The van der Waals surface area contributed by atoms with Crippen LogP contribution in [-0.4, -0.2) is 19.1 Å². The highest BCUT2D eigenvalue weighted by Gasteiger charge is 2.15. The molecule has 0 spiro atoms. The van der Waals surface area contributed by atoms with Crippen LogP contribution in [0.1, 0.15) is 18.1 Å². The third-order valence-corrected chi connectivity index (χ3v) is 3.20. The molecule has 2 aromatic rings. The fourth-order valence-corrected chi connectivity index (χ4v) is 1.91. The van der Waals surface area contributed by atoms with Crippen LogP contribution in [0.5, 0.6) is 5.75 Å². The van der Waals surface area contributed by atoms with Crippen molar-refractivity contribution < 1.29 is 24.1 Å². The van der Waals surface area contributed by atoms with Gasteiger partial charge >= 0.3 is 12.1 Å². The molecule has 128 valence electrons. The number of nitriles is 1. The van der Waals surface area contributed by atoms with Gasteiger partial charge in [-0.2, -0.15) is 5.26 Å². The number of rotatable bonds is 5. The van der Waals surface area contributed by atoms with Crippen molar-refractivity contribution in [2.45, 2.75) is 13.5 Å². The second-order valence-electron chi connectivity index (χ2n) is 5.05. The Bertz CT molecular complexity index is 799. The molecule has 2 aromatic carbocycles. The Morgan fingerprint density at radius 2 is 1.88 bits per heavy atom. The van der Waals surface area contributed by atoms with E-state index in [9.17, 15) is 14.9 Å². The van der Waals surface area contributed by atoms with Crippen LogP contribution in [0, 0.1) is 11.3 Å². The fraction of sp³-hybridized carbons (Fsp3) is 0.167. The maximum absolute atomic E-state index is 12.1. The topological polar surface area (TPSA) is 88.9 Å². The Hall–Kier alpha value is -3.53. The lowest BCUT2D eigenvalue weighted by Gasteiger charge is -2.18. The Morgan fingerprint density at radius 3 is 2.52 bits per heavy atom. The van der Waals surface area contributed by atoms with Crippen LogP contribution in [0.3, 0.4) is 0 Å². The van der Waals surface area contributed by atoms with Gasteiger partial charge in [-0.25, -0.2) is 9.59 Å². The quantitative estimate of drug-likeness (QED) is 0.613. The molecule has 0 fully saturated rings. The number of amides is 1. The molecule has 2 rings (SSSR count). The van der Waals surface area contributed by atoms with Gasteiger partial charge in [-0.05, 0) is 23.8 Å². The number of carbonyl (C=O) groups is 2. The first-order chi connectivity index (χ1) is 12.0. The summed E-state index contributed by atoms with van der Waals surface area (Å²) in [7, 11) is 1.52. The third-order valence-electron chi connectivity index (χ3n) is 3.20. The summed E-state index contributed by atoms with van der Waals surface area (Å²) in [5, 5.41) is 9.18. The van der Waals surface area contributed by atoms with Crippen molar-refractivity contribution >= 4 is 17.7 Å². The molecule has 0 radical (unpaired) electrons. The number of hydrogen-bond donors (Lipinski definition) is 0. The SMILES string of the molecule is CC(=O)OOc1ccc(N(C)C(=O)OCc2ccccc2)cc1C#N. The monoisotopic (exact) mass is 340 g/mol. The molecule has 0 aliphatic rings. The van der Waals surface area contributed by atoms with Gasteiger partial charge in [0.25, 0.3) is 0 Å². The first kappa shape index (κ1) is 17.8. The van der Waals surface area contributed by atoms with Gasteiger partial charge in [0, 0.05) is 19.7 Å². The maximum atomic E-state index is 12.1. The van der Waals surface area contributed by atoms with E-state index in [1.165, 1.54) is 31.0 Å². The minimum Gasteiger partial charge on any atom is -0.444 e. The first-order valence-corrected chi connectivity index (χ1v) is 7.35. The lowest BCUT2D eigenvalue weighted by Crippen LogP contribution is -2.27. The van der Waals surface area contributed by atoms with E-state index in [-0.39, 0.29) is 17.9 Å². The van der Waals surface area contributed by atoms with Gasteiger partial charge < -0.3 is 4.74 Å². The van der Waals surface area contributed by atoms with E-state index in [0.29, 0.717) is 5.69 Å². The average Bonchev–Trinajstić information content (AvgIpc) is 2.64. The zero-order valence-corrected chi connectivity index (χ0v) is 13.8. The molecule has 0 unspecified atom stereocenters. The van der Waals surface area contributed by atoms with Gasteiger partial charge in [-0.3, -0.25) is 14.7 Å². The lowest BCUT2D eigenvalue weighted by molar-refractivity contribution is -0.210. The summed E-state index contributed by atoms with van der Waals surface area (Å²) in [4.78, 5) is 33.4. The van der Waals surface area contributed by atoms with Gasteiger partial charge in [0.1, 0.15) is 18.2 Å². The predicted molar refractivity (Wildman–Crippen MR) is 88.6 cm³/mol. The van der Waals surface area contributed by atoms with Gasteiger partial charge in [-0.1, -0.05) is 30.3 Å². The summed E-state index contributed by atoms with van der Waals surface area (Å²) in [5.74, 6) is -0.568. The number of benzene rings is 2. The molecule has 0 heterocycles. The zero-order chi connectivity index (χ0) is 18.2. The Morgan fingerprint density at radius 1 is 1.16 bits per heavy atom. The smallest absolute Gasteiger partial charge is 0.414 e. The highest BCUT2D eigenvalue weighted by Crippen LogP contribution is 2.25. The van der Waals surface area contributed by atoms with Crippen LogP contribution in [0.4, 0.5) is 10.5 Å². The van der Waals surface area contributed by atoms with Crippen molar-refractivity contribution in [3.05, 3.63) is 59.7 Å². The molecule has 0 bridgehead atoms. The van der Waals surface area contributed by atoms with E-state index < -0.39 is 12.1 Å². The summed E-state index contributed by atoms with van der Waals surface area (Å²) in [6.07, 6.45) is -0.568. The molecule has 1 amide bonds. The summed E-state index contributed by atoms with van der Waals surface area (Å²) in [5.41, 5.74) is 1.42. The molecule has 0 aromatic heterocycles. The largest absolute Gasteiger partial charge is 0.444 e. The minimum atomic E-state index is -0.644. The summed E-state index contributed by atoms with van der Waals surface area (Å²) in [6.45, 7) is 1.32. The van der Waals surface area contributed by atoms with E-state index in [2.05, 4.69) is 4.89 Å². The Balaban J connectivity index is 2.05. The third kappa shape index (κ3) is 4.97. The molecule has 0 atom stereocenters. The standard InChI is InChI=1S/C18H16N2O5/c1-13(21)24-25-17-9-8-16(10-15(17)11-19)20(2)18(22)23-12-14-6-4-3-5-7-14/h3-10H,12H2,1-2H3. The number of nitrogens with zero attached hydrogens (tertiary/aromatic N) is 2. The van der Waals surface area contributed by atoms with Crippen LogP contribution in [0.15, 0.2) is 48.5 Å². The minimum absolute atomic E-state index is 0.0764. The molecule has 7 nitrogen and oxygen atoms in total. The molecular weight excluding hydrogens is 324 g/mol. The van der Waals surface area contributed by atoms with Crippen molar-refractivity contribution in [1.29, 1.82) is 5.26 Å². The van der Waals surface area contributed by atoms with Crippen molar-refractivity contribution in [3.63, 3.8) is 0 Å². The van der Waals surface area contributed by atoms with Crippen molar-refractivity contribution in [2.24, 2.45) is 0 Å². The highest BCUT2D eigenvalue weighted by atomic mass is 17.2. The molecule has 0 aliphatic carbocycles. The number of anilines is 1. The van der Waals surface area contributed by atoms with Gasteiger partial charge in [0.2, 0.25) is 0 Å². The van der Waals surface area contributed by atoms with Crippen LogP contribution >= 0.6 is 0 Å². The number of ether oxygens (including phenoxy) is 1. The van der Waals surface area contributed by atoms with Crippen molar-refractivity contribution in [1.82, 2.24) is 0 Å². The second kappa shape index (κ2) is 8.36. The first-order valence-electron chi connectivity index (χ1n) is 7.35. The van der Waals surface area contributed by atoms with Crippen LogP contribution in [0.2, 0.25) is 0 Å². The van der Waals surface area contributed by atoms with E-state index >= 15 is 0 Å². The fourth-order valence-electron chi connectivity index (χ4n) is 1.91. The van der Waals surface area contributed by atoms with Gasteiger partial charge in [0.05, 0.1) is 0 Å². The maximum Gasteiger partial charge on any atom is 0.414 e. The Labute approximate surface area is 144 Å². The Kier molecular flexibility index (Phi) is 5.96. The molecule has 7 heteroatoms. The predicted octanol–water partition coefficient (Wildman–Crippen LogP) is 3.19. The zero-order valence-electron chi connectivity index (χ0n) is 13.8. The van der Waals surface area contributed by atoms with Gasteiger partial charge in [0.15, 0.2) is 5.75 Å². The summed E-state index contributed by atoms with van der Waals surface area (Å²) >= 11 is 0. The molecule has 0 saturated heterocycles. The highest BCUT2D eigenvalue weighted by molar-refractivity contribution is 5.87.